The molecule has 2 aliphatic carbocycles. The molecule has 0 saturated heterocycles. The molecule has 34 heavy (non-hydrogen) atoms. The minimum Gasteiger partial charge on any atom is -0.0695 e. The van der Waals surface area contributed by atoms with Gasteiger partial charge in [-0.3, -0.25) is 0 Å². The van der Waals surface area contributed by atoms with E-state index in [0.29, 0.717) is 5.92 Å². The Labute approximate surface area is 209 Å². The van der Waals surface area contributed by atoms with Crippen molar-refractivity contribution in [1.29, 1.82) is 0 Å². The maximum absolute atomic E-state index is 2.46. The van der Waals surface area contributed by atoms with Gasteiger partial charge in [-0.05, 0) is 87.1 Å². The summed E-state index contributed by atoms with van der Waals surface area (Å²) in [6.07, 6.45) is 13.8. The maximum atomic E-state index is 2.46. The van der Waals surface area contributed by atoms with Crippen molar-refractivity contribution >= 4 is 5.57 Å². The zero-order chi connectivity index (χ0) is 24.5. The van der Waals surface area contributed by atoms with E-state index < -0.39 is 0 Å². The Morgan fingerprint density at radius 3 is 2.03 bits per heavy atom. The number of rotatable bonds is 8. The lowest BCUT2D eigenvalue weighted by Gasteiger charge is -2.18. The Bertz CT molecular complexity index is 1020. The molecule has 0 spiro atoms. The molecule has 0 heterocycles. The lowest BCUT2D eigenvalue weighted by Crippen LogP contribution is -2.07. The van der Waals surface area contributed by atoms with E-state index >= 15 is 0 Å². The molecule has 0 radical (unpaired) electrons. The van der Waals surface area contributed by atoms with Crippen molar-refractivity contribution in [3.8, 4) is 11.1 Å². The summed E-state index contributed by atoms with van der Waals surface area (Å²) < 4.78 is 0. The second kappa shape index (κ2) is 12.9. The van der Waals surface area contributed by atoms with E-state index in [1.807, 2.05) is 0 Å². The molecule has 1 atom stereocenters. The highest BCUT2D eigenvalue weighted by Crippen LogP contribution is 2.39. The fraction of sp³-hybridized carbons (Fsp3) is 0.471. The molecule has 0 bridgehead atoms. The molecule has 0 nitrogen and oxygen atoms in total. The SMILES string of the molecule is CCCC.CCCCC1=CC(C)=C(C)C1Cc1ccc(-c2ccccc2C2=C(C)CCC2)cc1. The summed E-state index contributed by atoms with van der Waals surface area (Å²) >= 11 is 0. The zero-order valence-corrected chi connectivity index (χ0v) is 22.6. The summed E-state index contributed by atoms with van der Waals surface area (Å²) in [4.78, 5) is 0. The van der Waals surface area contributed by atoms with E-state index in [1.165, 1.54) is 79.2 Å². The maximum Gasteiger partial charge on any atom is 0.00535 e. The first-order valence-corrected chi connectivity index (χ1v) is 13.7. The van der Waals surface area contributed by atoms with Gasteiger partial charge in [0.15, 0.2) is 0 Å². The van der Waals surface area contributed by atoms with Crippen molar-refractivity contribution in [3.63, 3.8) is 0 Å². The first kappa shape index (κ1) is 26.3. The van der Waals surface area contributed by atoms with Crippen LogP contribution < -0.4 is 0 Å². The van der Waals surface area contributed by atoms with Crippen molar-refractivity contribution in [1.82, 2.24) is 0 Å². The van der Waals surface area contributed by atoms with Gasteiger partial charge in [-0.25, -0.2) is 0 Å². The molecular weight excluding hydrogens is 408 g/mol. The molecule has 182 valence electrons. The van der Waals surface area contributed by atoms with Crippen LogP contribution in [0.3, 0.4) is 0 Å². The van der Waals surface area contributed by atoms with Crippen LogP contribution in [0.2, 0.25) is 0 Å². The van der Waals surface area contributed by atoms with Crippen LogP contribution in [-0.4, -0.2) is 0 Å². The van der Waals surface area contributed by atoms with Crippen LogP contribution in [0.4, 0.5) is 0 Å². The largest absolute Gasteiger partial charge is 0.0695 e. The minimum atomic E-state index is 0.598. The molecule has 0 heteroatoms. The van der Waals surface area contributed by atoms with Crippen molar-refractivity contribution in [2.45, 2.75) is 99.3 Å². The Morgan fingerprint density at radius 2 is 1.44 bits per heavy atom. The highest BCUT2D eigenvalue weighted by molar-refractivity contribution is 5.83. The Kier molecular flexibility index (Phi) is 10.00. The quantitative estimate of drug-likeness (QED) is 0.372. The molecule has 0 amide bonds. The molecule has 4 rings (SSSR count). The van der Waals surface area contributed by atoms with E-state index in [9.17, 15) is 0 Å². The molecule has 0 aromatic heterocycles. The normalized spacial score (nSPS) is 17.7. The summed E-state index contributed by atoms with van der Waals surface area (Å²) in [5.41, 5.74) is 13.5. The van der Waals surface area contributed by atoms with Crippen molar-refractivity contribution < 1.29 is 0 Å². The smallest absolute Gasteiger partial charge is 0.00535 e. The van der Waals surface area contributed by atoms with Crippen LogP contribution in [0, 0.1) is 5.92 Å². The summed E-state index contributed by atoms with van der Waals surface area (Å²) in [6.45, 7) is 13.6. The summed E-state index contributed by atoms with van der Waals surface area (Å²) in [5, 5.41) is 0. The van der Waals surface area contributed by atoms with Crippen LogP contribution in [-0.2, 0) is 6.42 Å². The summed E-state index contributed by atoms with van der Waals surface area (Å²) in [6, 6.07) is 18.4. The third kappa shape index (κ3) is 6.41. The predicted molar refractivity (Wildman–Crippen MR) is 152 cm³/mol. The lowest BCUT2D eigenvalue weighted by atomic mass is 9.86. The summed E-state index contributed by atoms with van der Waals surface area (Å²) in [5.74, 6) is 0.598. The van der Waals surface area contributed by atoms with Gasteiger partial charge in [0.05, 0.1) is 0 Å². The van der Waals surface area contributed by atoms with Gasteiger partial charge in [0.2, 0.25) is 0 Å². The van der Waals surface area contributed by atoms with Crippen LogP contribution in [0.25, 0.3) is 16.7 Å². The van der Waals surface area contributed by atoms with Gasteiger partial charge in [-0.15, -0.1) is 0 Å². The molecule has 0 fully saturated rings. The number of allylic oxidation sites excluding steroid dienone is 6. The Hall–Kier alpha value is -2.34. The van der Waals surface area contributed by atoms with Gasteiger partial charge in [0.25, 0.3) is 0 Å². The van der Waals surface area contributed by atoms with E-state index in [0.717, 1.165) is 6.42 Å². The first-order valence-electron chi connectivity index (χ1n) is 13.7. The first-order chi connectivity index (χ1) is 16.5. The molecule has 0 N–H and O–H groups in total. The molecule has 2 aromatic rings. The van der Waals surface area contributed by atoms with Gasteiger partial charge in [0, 0.05) is 5.92 Å². The Balaban J connectivity index is 0.000000751. The highest BCUT2D eigenvalue weighted by Gasteiger charge is 2.23. The van der Waals surface area contributed by atoms with Gasteiger partial charge in [-0.2, -0.15) is 0 Å². The number of benzene rings is 2. The molecule has 1 unspecified atom stereocenters. The van der Waals surface area contributed by atoms with Crippen LogP contribution in [0.1, 0.15) is 104 Å². The van der Waals surface area contributed by atoms with Gasteiger partial charge < -0.3 is 0 Å². The average Bonchev–Trinajstić information content (AvgIpc) is 3.41. The van der Waals surface area contributed by atoms with E-state index in [4.69, 9.17) is 0 Å². The fourth-order valence-electron chi connectivity index (χ4n) is 5.27. The molecule has 2 aliphatic rings. The van der Waals surface area contributed by atoms with E-state index in [2.05, 4.69) is 96.1 Å². The van der Waals surface area contributed by atoms with E-state index in [-0.39, 0.29) is 0 Å². The minimum absolute atomic E-state index is 0.598. The second-order valence-electron chi connectivity index (χ2n) is 10.3. The van der Waals surface area contributed by atoms with Crippen molar-refractivity contribution in [3.05, 3.63) is 88.0 Å². The van der Waals surface area contributed by atoms with Gasteiger partial charge in [0.1, 0.15) is 0 Å². The topological polar surface area (TPSA) is 0 Å². The van der Waals surface area contributed by atoms with Crippen LogP contribution in [0.5, 0.6) is 0 Å². The molecule has 0 aliphatic heterocycles. The van der Waals surface area contributed by atoms with Gasteiger partial charge in [-0.1, -0.05) is 117 Å². The summed E-state index contributed by atoms with van der Waals surface area (Å²) in [7, 11) is 0. The molecule has 0 saturated carbocycles. The van der Waals surface area contributed by atoms with Crippen molar-refractivity contribution in [2.75, 3.05) is 0 Å². The average molecular weight is 455 g/mol. The third-order valence-corrected chi connectivity index (χ3v) is 7.76. The van der Waals surface area contributed by atoms with Gasteiger partial charge >= 0.3 is 0 Å². The number of hydrogen-bond acceptors (Lipinski definition) is 0. The standard InChI is InChI=1S/C30H36.C4H10/c1-5-6-11-26-19-22(3)23(4)30(26)20-24-15-17-25(18-16-24)28-12-7-8-13-29(28)27-14-9-10-21(27)2;1-3-4-2/h7-8,12-13,15-19,30H,5-6,9-11,14,20H2,1-4H3;3-4H2,1-2H3. The number of unbranched alkanes of at least 4 members (excludes halogenated alkanes) is 2. The second-order valence-corrected chi connectivity index (χ2v) is 10.3. The number of hydrogen-bond donors (Lipinski definition) is 0. The molecular formula is C34H46. The molecule has 2 aromatic carbocycles. The Morgan fingerprint density at radius 1 is 0.765 bits per heavy atom. The third-order valence-electron chi connectivity index (χ3n) is 7.76. The predicted octanol–water partition coefficient (Wildman–Crippen LogP) is 10.7. The lowest BCUT2D eigenvalue weighted by molar-refractivity contribution is 0.654. The van der Waals surface area contributed by atoms with Crippen LogP contribution >= 0.6 is 0 Å². The van der Waals surface area contributed by atoms with E-state index in [1.54, 1.807) is 22.3 Å². The highest BCUT2D eigenvalue weighted by atomic mass is 14.3. The fourth-order valence-corrected chi connectivity index (χ4v) is 5.27. The van der Waals surface area contributed by atoms with Crippen LogP contribution in [0.15, 0.2) is 76.9 Å². The monoisotopic (exact) mass is 454 g/mol. The zero-order valence-electron chi connectivity index (χ0n) is 22.6. The van der Waals surface area contributed by atoms with Crippen molar-refractivity contribution in [2.24, 2.45) is 5.92 Å².